The summed E-state index contributed by atoms with van der Waals surface area (Å²) in [4.78, 5) is 11.9. The van der Waals surface area contributed by atoms with Crippen LogP contribution in [0.1, 0.15) is 15.9 Å². The summed E-state index contributed by atoms with van der Waals surface area (Å²) in [5.41, 5.74) is 6.99. The van der Waals surface area contributed by atoms with Gasteiger partial charge in [-0.05, 0) is 46.3 Å². The van der Waals surface area contributed by atoms with Crippen LogP contribution in [0, 0.1) is 0 Å². The molecule has 1 heterocycles. The summed E-state index contributed by atoms with van der Waals surface area (Å²) in [5, 5.41) is 14.1. The molecule has 2 aromatic rings. The van der Waals surface area contributed by atoms with Crippen molar-refractivity contribution in [1.82, 2.24) is 0 Å². The summed E-state index contributed by atoms with van der Waals surface area (Å²) in [5.74, 6) is -0.285. The zero-order valence-electron chi connectivity index (χ0n) is 9.63. The molecule has 0 aliphatic heterocycles. The summed E-state index contributed by atoms with van der Waals surface area (Å²) in [6.45, 7) is 0. The molecule has 0 fully saturated rings. The van der Waals surface area contributed by atoms with Crippen molar-refractivity contribution in [2.24, 2.45) is 10.9 Å². The lowest BCUT2D eigenvalue weighted by Crippen LogP contribution is -2.14. The maximum atomic E-state index is 11.9. The topological polar surface area (TPSA) is 101 Å². The van der Waals surface area contributed by atoms with Crippen LogP contribution >= 0.6 is 15.9 Å². The first-order valence-corrected chi connectivity index (χ1v) is 6.03. The van der Waals surface area contributed by atoms with Gasteiger partial charge in [0.15, 0.2) is 10.5 Å². The molecule has 2 rings (SSSR count). The van der Waals surface area contributed by atoms with E-state index in [-0.39, 0.29) is 11.7 Å². The molecule has 0 bridgehead atoms. The molecule has 0 spiro atoms. The Labute approximate surface area is 117 Å². The minimum absolute atomic E-state index is 0.00968. The number of carbonyl (C=O) groups excluding carboxylic acids is 1. The van der Waals surface area contributed by atoms with Crippen LogP contribution in [-0.2, 0) is 0 Å². The van der Waals surface area contributed by atoms with E-state index in [1.165, 1.54) is 6.26 Å². The van der Waals surface area contributed by atoms with Gasteiger partial charge in [0.2, 0.25) is 0 Å². The summed E-state index contributed by atoms with van der Waals surface area (Å²) in [6, 6.07) is 8.13. The molecule has 1 aromatic carbocycles. The zero-order valence-corrected chi connectivity index (χ0v) is 11.2. The van der Waals surface area contributed by atoms with Gasteiger partial charge in [-0.1, -0.05) is 5.16 Å². The molecule has 0 aliphatic rings. The predicted molar refractivity (Wildman–Crippen MR) is 73.3 cm³/mol. The van der Waals surface area contributed by atoms with Crippen molar-refractivity contribution in [1.29, 1.82) is 0 Å². The Balaban J connectivity index is 2.12. The number of anilines is 1. The van der Waals surface area contributed by atoms with Gasteiger partial charge in [-0.25, -0.2) is 0 Å². The highest BCUT2D eigenvalue weighted by atomic mass is 79.9. The van der Waals surface area contributed by atoms with E-state index in [0.29, 0.717) is 21.5 Å². The van der Waals surface area contributed by atoms with Crippen molar-refractivity contribution in [3.63, 3.8) is 0 Å². The van der Waals surface area contributed by atoms with Crippen LogP contribution in [0.5, 0.6) is 0 Å². The van der Waals surface area contributed by atoms with Gasteiger partial charge in [-0.15, -0.1) is 0 Å². The fraction of sp³-hybridized carbons (Fsp3) is 0. The average molecular weight is 324 g/mol. The Bertz CT molecular complexity index is 619. The summed E-state index contributed by atoms with van der Waals surface area (Å²) >= 11 is 3.13. The van der Waals surface area contributed by atoms with E-state index >= 15 is 0 Å². The van der Waals surface area contributed by atoms with Crippen LogP contribution in [0.25, 0.3) is 0 Å². The molecule has 0 saturated carbocycles. The third-order valence-electron chi connectivity index (χ3n) is 2.41. The number of furan rings is 1. The summed E-state index contributed by atoms with van der Waals surface area (Å²) in [7, 11) is 0. The fourth-order valence-corrected chi connectivity index (χ4v) is 1.86. The van der Waals surface area contributed by atoms with Crippen molar-refractivity contribution >= 4 is 33.4 Å². The van der Waals surface area contributed by atoms with Gasteiger partial charge in [0, 0.05) is 11.3 Å². The van der Waals surface area contributed by atoms with E-state index in [4.69, 9.17) is 15.4 Å². The predicted octanol–water partition coefficient (Wildman–Crippen LogP) is 2.39. The molecule has 6 nitrogen and oxygen atoms in total. The van der Waals surface area contributed by atoms with E-state index in [2.05, 4.69) is 26.4 Å². The highest BCUT2D eigenvalue weighted by molar-refractivity contribution is 9.10. The largest absolute Gasteiger partial charge is 0.457 e. The number of nitrogens with zero attached hydrogens (tertiary/aromatic N) is 1. The van der Waals surface area contributed by atoms with E-state index in [9.17, 15) is 4.79 Å². The van der Waals surface area contributed by atoms with Gasteiger partial charge >= 0.3 is 0 Å². The molecule has 1 amide bonds. The second kappa shape index (κ2) is 5.57. The number of benzene rings is 1. The Morgan fingerprint density at radius 1 is 1.32 bits per heavy atom. The summed E-state index contributed by atoms with van der Waals surface area (Å²) in [6.07, 6.45) is 1.42. The third kappa shape index (κ3) is 2.94. The lowest BCUT2D eigenvalue weighted by atomic mass is 10.2. The smallest absolute Gasteiger partial charge is 0.260 e. The van der Waals surface area contributed by atoms with Crippen molar-refractivity contribution in [2.75, 3.05) is 5.32 Å². The van der Waals surface area contributed by atoms with Crippen molar-refractivity contribution < 1.29 is 14.4 Å². The molecule has 0 unspecified atom stereocenters. The SMILES string of the molecule is N/C(=N/O)c1ccc(NC(=O)c2ccoc2Br)cc1. The Hall–Kier alpha value is -2.28. The van der Waals surface area contributed by atoms with Gasteiger partial charge in [0.1, 0.15) is 0 Å². The highest BCUT2D eigenvalue weighted by Gasteiger charge is 2.12. The number of hydrogen-bond acceptors (Lipinski definition) is 4. The van der Waals surface area contributed by atoms with Crippen LogP contribution in [-0.4, -0.2) is 17.0 Å². The maximum Gasteiger partial charge on any atom is 0.260 e. The van der Waals surface area contributed by atoms with Crippen LogP contribution < -0.4 is 11.1 Å². The Morgan fingerprint density at radius 2 is 2.00 bits per heavy atom. The van der Waals surface area contributed by atoms with Crippen LogP contribution in [0.3, 0.4) is 0 Å². The Kier molecular flexibility index (Phi) is 3.86. The van der Waals surface area contributed by atoms with E-state index in [1.54, 1.807) is 30.3 Å². The number of nitrogens with one attached hydrogen (secondary N) is 1. The van der Waals surface area contributed by atoms with Crippen LogP contribution in [0.15, 0.2) is 50.8 Å². The molecular weight excluding hydrogens is 314 g/mol. The molecular formula is C12H10BrN3O3. The first kappa shape index (κ1) is 13.2. The van der Waals surface area contributed by atoms with Gasteiger partial charge < -0.3 is 20.7 Å². The zero-order chi connectivity index (χ0) is 13.8. The van der Waals surface area contributed by atoms with E-state index < -0.39 is 0 Å². The molecule has 98 valence electrons. The number of nitrogens with two attached hydrogens (primary N) is 1. The number of carbonyl (C=O) groups is 1. The monoisotopic (exact) mass is 323 g/mol. The van der Waals surface area contributed by atoms with Crippen molar-refractivity contribution in [3.05, 3.63) is 52.4 Å². The van der Waals surface area contributed by atoms with Gasteiger partial charge in [-0.3, -0.25) is 4.79 Å². The normalized spacial score (nSPS) is 11.3. The van der Waals surface area contributed by atoms with Gasteiger partial charge in [0.05, 0.1) is 11.8 Å². The molecule has 4 N–H and O–H groups in total. The first-order chi connectivity index (χ1) is 9.11. The van der Waals surface area contributed by atoms with E-state index in [0.717, 1.165) is 0 Å². The molecule has 7 heteroatoms. The number of amides is 1. The molecule has 0 radical (unpaired) electrons. The molecule has 0 aliphatic carbocycles. The minimum atomic E-state index is -0.294. The molecule has 0 saturated heterocycles. The van der Waals surface area contributed by atoms with Gasteiger partial charge in [0.25, 0.3) is 5.91 Å². The average Bonchev–Trinajstić information content (AvgIpc) is 2.85. The second-order valence-corrected chi connectivity index (χ2v) is 4.34. The van der Waals surface area contributed by atoms with Gasteiger partial charge in [-0.2, -0.15) is 0 Å². The van der Waals surface area contributed by atoms with E-state index in [1.807, 2.05) is 0 Å². The minimum Gasteiger partial charge on any atom is -0.457 e. The number of oxime groups is 1. The number of rotatable bonds is 3. The van der Waals surface area contributed by atoms with Crippen LogP contribution in [0.4, 0.5) is 5.69 Å². The van der Waals surface area contributed by atoms with Crippen LogP contribution in [0.2, 0.25) is 0 Å². The molecule has 1 aromatic heterocycles. The number of amidine groups is 1. The molecule has 19 heavy (non-hydrogen) atoms. The maximum absolute atomic E-state index is 11.9. The quantitative estimate of drug-likeness (QED) is 0.349. The number of hydrogen-bond donors (Lipinski definition) is 3. The lowest BCUT2D eigenvalue weighted by Gasteiger charge is -2.05. The highest BCUT2D eigenvalue weighted by Crippen LogP contribution is 2.19. The standard InChI is InChI=1S/C12H10BrN3O3/c13-10-9(5-6-19-10)12(17)15-8-3-1-7(2-4-8)11(14)16-18/h1-6,18H,(H2,14,16)(H,15,17). The van der Waals surface area contributed by atoms with Crippen molar-refractivity contribution in [2.45, 2.75) is 0 Å². The molecule has 0 atom stereocenters. The van der Waals surface area contributed by atoms with Crippen molar-refractivity contribution in [3.8, 4) is 0 Å². The number of halogens is 1. The fourth-order valence-electron chi connectivity index (χ4n) is 1.44. The second-order valence-electron chi connectivity index (χ2n) is 3.62. The lowest BCUT2D eigenvalue weighted by molar-refractivity contribution is 0.102. The summed E-state index contributed by atoms with van der Waals surface area (Å²) < 4.78 is 5.36. The third-order valence-corrected chi connectivity index (χ3v) is 3.02. The first-order valence-electron chi connectivity index (χ1n) is 5.24. The Morgan fingerprint density at radius 3 is 2.53 bits per heavy atom.